The summed E-state index contributed by atoms with van der Waals surface area (Å²) in [7, 11) is 1.49. The summed E-state index contributed by atoms with van der Waals surface area (Å²) in [6.45, 7) is 4.31. The van der Waals surface area contributed by atoms with Gasteiger partial charge in [0.25, 0.3) is 5.91 Å². The molecule has 0 radical (unpaired) electrons. The number of hydrogen-bond acceptors (Lipinski definition) is 6. The van der Waals surface area contributed by atoms with Crippen LogP contribution in [0.2, 0.25) is 0 Å². The second kappa shape index (κ2) is 9.89. The maximum atomic E-state index is 13.9. The van der Waals surface area contributed by atoms with Crippen molar-refractivity contribution in [3.05, 3.63) is 66.1 Å². The van der Waals surface area contributed by atoms with Crippen LogP contribution in [0.4, 0.5) is 13.2 Å². The minimum absolute atomic E-state index is 0.0631. The van der Waals surface area contributed by atoms with E-state index in [1.807, 2.05) is 6.92 Å². The van der Waals surface area contributed by atoms with Crippen molar-refractivity contribution in [3.8, 4) is 23.0 Å². The van der Waals surface area contributed by atoms with Crippen LogP contribution in [0.25, 0.3) is 11.4 Å². The molecule has 35 heavy (non-hydrogen) atoms. The van der Waals surface area contributed by atoms with Crippen LogP contribution in [0.15, 0.2) is 55.0 Å². The zero-order valence-corrected chi connectivity index (χ0v) is 19.5. The van der Waals surface area contributed by atoms with Gasteiger partial charge in [0.1, 0.15) is 11.9 Å². The third-order valence-corrected chi connectivity index (χ3v) is 5.99. The fourth-order valence-corrected chi connectivity index (χ4v) is 4.34. The summed E-state index contributed by atoms with van der Waals surface area (Å²) in [5.41, 5.74) is 0.0435. The lowest BCUT2D eigenvalue weighted by atomic mass is 10.0. The van der Waals surface area contributed by atoms with Gasteiger partial charge in [0, 0.05) is 36.8 Å². The normalized spacial score (nSPS) is 18.9. The van der Waals surface area contributed by atoms with E-state index in [2.05, 4.69) is 15.0 Å². The number of alkyl halides is 3. The Morgan fingerprint density at radius 2 is 1.86 bits per heavy atom. The molecular weight excluding hydrogens is 461 g/mol. The van der Waals surface area contributed by atoms with Crippen molar-refractivity contribution in [1.82, 2.24) is 19.9 Å². The molecule has 2 aromatic heterocycles. The Balaban J connectivity index is 1.62. The van der Waals surface area contributed by atoms with Crippen LogP contribution in [0.5, 0.6) is 11.6 Å². The molecule has 0 N–H and O–H groups in total. The highest BCUT2D eigenvalue weighted by atomic mass is 19.4. The van der Waals surface area contributed by atoms with Gasteiger partial charge in [-0.2, -0.15) is 13.2 Å². The summed E-state index contributed by atoms with van der Waals surface area (Å²) in [5, 5.41) is 0. The van der Waals surface area contributed by atoms with E-state index in [0.29, 0.717) is 35.7 Å². The fourth-order valence-electron chi connectivity index (χ4n) is 4.34. The molecule has 1 fully saturated rings. The number of amides is 1. The quantitative estimate of drug-likeness (QED) is 0.494. The molecule has 0 bridgehead atoms. The Kier molecular flexibility index (Phi) is 6.90. The van der Waals surface area contributed by atoms with Crippen molar-refractivity contribution in [2.24, 2.45) is 5.92 Å². The van der Waals surface area contributed by atoms with Gasteiger partial charge in [0.05, 0.1) is 24.3 Å². The van der Waals surface area contributed by atoms with Crippen molar-refractivity contribution in [1.29, 1.82) is 0 Å². The van der Waals surface area contributed by atoms with Crippen molar-refractivity contribution < 1.29 is 27.4 Å². The highest BCUT2D eigenvalue weighted by Gasteiger charge is 2.40. The van der Waals surface area contributed by atoms with E-state index >= 15 is 0 Å². The molecule has 1 saturated heterocycles. The van der Waals surface area contributed by atoms with E-state index in [4.69, 9.17) is 9.47 Å². The zero-order chi connectivity index (χ0) is 25.2. The SMILES string of the molecule is COc1cccc(-c2ncccn2)c1C(=O)N1CC(C)CC1C(C)Oc1ccc(C(F)(F)F)cn1. The molecule has 3 heterocycles. The van der Waals surface area contributed by atoms with Crippen LogP contribution in [0.1, 0.15) is 36.2 Å². The summed E-state index contributed by atoms with van der Waals surface area (Å²) in [6, 6.07) is 8.73. The predicted molar refractivity (Wildman–Crippen MR) is 122 cm³/mol. The molecular formula is C25H25F3N4O3. The van der Waals surface area contributed by atoms with Crippen molar-refractivity contribution in [2.75, 3.05) is 13.7 Å². The molecule has 1 aromatic carbocycles. The number of carbonyl (C=O) groups excluding carboxylic acids is 1. The number of halogens is 3. The van der Waals surface area contributed by atoms with E-state index in [-0.39, 0.29) is 23.7 Å². The van der Waals surface area contributed by atoms with Gasteiger partial charge in [-0.1, -0.05) is 19.1 Å². The Hall–Kier alpha value is -3.69. The van der Waals surface area contributed by atoms with Gasteiger partial charge in [0.15, 0.2) is 5.82 Å². The number of ether oxygens (including phenoxy) is 2. The second-order valence-corrected chi connectivity index (χ2v) is 8.53. The molecule has 1 aliphatic rings. The highest BCUT2D eigenvalue weighted by Crippen LogP contribution is 2.35. The van der Waals surface area contributed by atoms with Gasteiger partial charge >= 0.3 is 6.18 Å². The number of carbonyl (C=O) groups is 1. The summed E-state index contributed by atoms with van der Waals surface area (Å²) < 4.78 is 49.9. The maximum absolute atomic E-state index is 13.9. The first-order valence-corrected chi connectivity index (χ1v) is 11.1. The first-order valence-electron chi connectivity index (χ1n) is 11.1. The third-order valence-electron chi connectivity index (χ3n) is 5.99. The number of likely N-dealkylation sites (tertiary alicyclic amines) is 1. The number of benzene rings is 1. The van der Waals surface area contributed by atoms with Crippen molar-refractivity contribution in [3.63, 3.8) is 0 Å². The number of nitrogens with zero attached hydrogens (tertiary/aromatic N) is 4. The summed E-state index contributed by atoms with van der Waals surface area (Å²) in [5.74, 6) is 0.804. The summed E-state index contributed by atoms with van der Waals surface area (Å²) in [4.78, 5) is 28.0. The van der Waals surface area contributed by atoms with Crippen LogP contribution in [-0.2, 0) is 6.18 Å². The Morgan fingerprint density at radius 3 is 2.49 bits per heavy atom. The molecule has 3 unspecified atom stereocenters. The maximum Gasteiger partial charge on any atom is 0.417 e. The van der Waals surface area contributed by atoms with Gasteiger partial charge in [-0.25, -0.2) is 15.0 Å². The number of pyridine rings is 1. The Bertz CT molecular complexity index is 1170. The molecule has 4 rings (SSSR count). The van der Waals surface area contributed by atoms with E-state index in [9.17, 15) is 18.0 Å². The van der Waals surface area contributed by atoms with E-state index in [1.54, 1.807) is 48.5 Å². The van der Waals surface area contributed by atoms with Gasteiger partial charge in [0.2, 0.25) is 5.88 Å². The van der Waals surface area contributed by atoms with Crippen LogP contribution in [0, 0.1) is 5.92 Å². The van der Waals surface area contributed by atoms with Crippen molar-refractivity contribution in [2.45, 2.75) is 38.6 Å². The molecule has 7 nitrogen and oxygen atoms in total. The Labute approximate surface area is 200 Å². The average Bonchev–Trinajstić information content (AvgIpc) is 3.25. The molecule has 10 heteroatoms. The van der Waals surface area contributed by atoms with E-state index in [1.165, 1.54) is 13.2 Å². The van der Waals surface area contributed by atoms with Crippen LogP contribution in [0.3, 0.4) is 0 Å². The summed E-state index contributed by atoms with van der Waals surface area (Å²) >= 11 is 0. The Morgan fingerprint density at radius 1 is 1.11 bits per heavy atom. The molecule has 0 saturated carbocycles. The van der Waals surface area contributed by atoms with Crippen LogP contribution >= 0.6 is 0 Å². The molecule has 0 spiro atoms. The second-order valence-electron chi connectivity index (χ2n) is 8.53. The number of rotatable bonds is 6. The van der Waals surface area contributed by atoms with Crippen LogP contribution < -0.4 is 9.47 Å². The molecule has 3 aromatic rings. The zero-order valence-electron chi connectivity index (χ0n) is 19.5. The number of aromatic nitrogens is 3. The average molecular weight is 486 g/mol. The lowest BCUT2D eigenvalue weighted by Crippen LogP contribution is -2.44. The van der Waals surface area contributed by atoms with Gasteiger partial charge < -0.3 is 14.4 Å². The standard InChI is InChI=1S/C25H25F3N4O3/c1-15-12-19(16(2)35-21-9-8-17(13-31-21)25(26,27)28)32(14-15)24(33)22-18(6-4-7-20(22)34-3)23-29-10-5-11-30-23/h4-11,13,15-16,19H,12,14H2,1-3H3. The van der Waals surface area contributed by atoms with Crippen molar-refractivity contribution >= 4 is 5.91 Å². The van der Waals surface area contributed by atoms with Gasteiger partial charge in [-0.3, -0.25) is 4.79 Å². The van der Waals surface area contributed by atoms with E-state index < -0.39 is 17.8 Å². The first-order chi connectivity index (χ1) is 16.7. The molecule has 1 aliphatic heterocycles. The smallest absolute Gasteiger partial charge is 0.417 e. The largest absolute Gasteiger partial charge is 0.496 e. The molecule has 0 aliphatic carbocycles. The molecule has 184 valence electrons. The third kappa shape index (κ3) is 5.21. The van der Waals surface area contributed by atoms with Crippen LogP contribution in [-0.4, -0.2) is 51.6 Å². The fraction of sp³-hybridized carbons (Fsp3) is 0.360. The highest BCUT2D eigenvalue weighted by molar-refractivity contribution is 6.03. The van der Waals surface area contributed by atoms with Gasteiger partial charge in [-0.05, 0) is 37.5 Å². The minimum Gasteiger partial charge on any atom is -0.496 e. The first kappa shape index (κ1) is 24.4. The monoisotopic (exact) mass is 486 g/mol. The topological polar surface area (TPSA) is 77.4 Å². The molecule has 3 atom stereocenters. The van der Waals surface area contributed by atoms with E-state index in [0.717, 1.165) is 12.3 Å². The lowest BCUT2D eigenvalue weighted by Gasteiger charge is -2.30. The number of methoxy groups -OCH3 is 1. The lowest BCUT2D eigenvalue weighted by molar-refractivity contribution is -0.137. The summed E-state index contributed by atoms with van der Waals surface area (Å²) in [6.07, 6.45) is -0.383. The number of hydrogen-bond donors (Lipinski definition) is 0. The minimum atomic E-state index is -4.48. The van der Waals surface area contributed by atoms with Gasteiger partial charge in [-0.15, -0.1) is 0 Å². The predicted octanol–water partition coefficient (Wildman–Crippen LogP) is 4.88. The molecule has 1 amide bonds.